The highest BCUT2D eigenvalue weighted by Crippen LogP contribution is 2.37. The molecular weight excluding hydrogens is 1050 g/mol. The second kappa shape index (κ2) is 24.1. The fourth-order valence-corrected chi connectivity index (χ4v) is 9.97. The van der Waals surface area contributed by atoms with Crippen LogP contribution in [0.3, 0.4) is 0 Å². The number of aromatic nitrogens is 2. The SMILES string of the molecule is CNC(=O)C(O)C(O)C(=O)Nc1cccc2c(C(=O)C(=O)N3CCN(C(=O)c4ccc(-c5ccc6c(C(=O)C(=O)N7CCN(C(=O)c8ccccc8)C[C@H]7C)c[nH]c6c5NC(=O)C[C@H](OC(C)(C)O)C(=O)OC)cc4)C[C@H]3C)c[nH]c12. The highest BCUT2D eigenvalue weighted by atomic mass is 16.6. The van der Waals surface area contributed by atoms with E-state index in [2.05, 4.69) is 25.9 Å². The number of hydrogen-bond donors (Lipinski definition) is 8. The molecule has 2 aliphatic rings. The molecule has 2 aromatic heterocycles. The summed E-state index contributed by atoms with van der Waals surface area (Å²) < 4.78 is 10.3. The number of ether oxygens (including phenoxy) is 2. The van der Waals surface area contributed by atoms with Crippen molar-refractivity contribution in [3.05, 3.63) is 120 Å². The van der Waals surface area contributed by atoms with Crippen molar-refractivity contribution in [1.29, 1.82) is 0 Å². The summed E-state index contributed by atoms with van der Waals surface area (Å²) in [6, 6.07) is 21.8. The van der Waals surface area contributed by atoms with Crippen molar-refractivity contribution < 1.29 is 72.7 Å². The number of benzene rings is 4. The van der Waals surface area contributed by atoms with E-state index in [1.807, 2.05) is 0 Å². The summed E-state index contributed by atoms with van der Waals surface area (Å²) in [5.74, 6) is -9.50. The number of Topliss-reactive ketones (excluding diaryl/α,β-unsaturated/α-hetero) is 2. The number of amides is 7. The van der Waals surface area contributed by atoms with Gasteiger partial charge in [0.25, 0.3) is 47.0 Å². The van der Waals surface area contributed by atoms with Crippen molar-refractivity contribution >= 4 is 92.1 Å². The number of nitrogens with one attached hydrogen (secondary N) is 5. The molecule has 24 heteroatoms. The van der Waals surface area contributed by atoms with Crippen LogP contribution in [0.1, 0.15) is 75.5 Å². The number of hydrogen-bond acceptors (Lipinski definition) is 15. The largest absolute Gasteiger partial charge is 0.467 e. The molecule has 2 aliphatic heterocycles. The molecule has 6 aromatic rings. The van der Waals surface area contributed by atoms with Gasteiger partial charge >= 0.3 is 5.97 Å². The highest BCUT2D eigenvalue weighted by molar-refractivity contribution is 6.46. The summed E-state index contributed by atoms with van der Waals surface area (Å²) >= 11 is 0. The van der Waals surface area contributed by atoms with Gasteiger partial charge in [0.15, 0.2) is 24.1 Å². The molecule has 2 saturated heterocycles. The molecule has 0 bridgehead atoms. The molecule has 0 aliphatic carbocycles. The highest BCUT2D eigenvalue weighted by Gasteiger charge is 2.38. The molecule has 424 valence electrons. The zero-order valence-electron chi connectivity index (χ0n) is 45.1. The van der Waals surface area contributed by atoms with E-state index in [1.54, 1.807) is 96.4 Å². The van der Waals surface area contributed by atoms with Gasteiger partial charge in [0, 0.05) is 98.3 Å². The van der Waals surface area contributed by atoms with Gasteiger partial charge in [0.1, 0.15) is 0 Å². The minimum absolute atomic E-state index is 0.00228. The Balaban J connectivity index is 0.982. The topological polar surface area (TPSA) is 330 Å². The third kappa shape index (κ3) is 12.4. The van der Waals surface area contributed by atoms with Crippen LogP contribution < -0.4 is 16.0 Å². The molecule has 81 heavy (non-hydrogen) atoms. The maximum atomic E-state index is 14.1. The number of anilines is 2. The molecule has 4 heterocycles. The van der Waals surface area contributed by atoms with Crippen LogP contribution in [-0.2, 0) is 38.2 Å². The van der Waals surface area contributed by atoms with E-state index in [1.165, 1.54) is 55.2 Å². The fraction of sp³-hybridized carbons (Fsp3) is 0.333. The van der Waals surface area contributed by atoms with E-state index in [9.17, 15) is 63.3 Å². The lowest BCUT2D eigenvalue weighted by Gasteiger charge is -2.39. The van der Waals surface area contributed by atoms with E-state index in [-0.39, 0.29) is 101 Å². The number of aliphatic hydroxyl groups excluding tert-OH is 2. The number of H-pyrrole nitrogens is 2. The third-order valence-electron chi connectivity index (χ3n) is 14.1. The maximum absolute atomic E-state index is 14.1. The van der Waals surface area contributed by atoms with Gasteiger partial charge in [-0.25, -0.2) is 4.79 Å². The number of nitrogens with zero attached hydrogens (tertiary/aromatic N) is 4. The molecule has 8 rings (SSSR count). The fourth-order valence-electron chi connectivity index (χ4n) is 9.97. The number of methoxy groups -OCH3 is 1. The molecule has 2 fully saturated rings. The van der Waals surface area contributed by atoms with Gasteiger partial charge in [-0.3, -0.25) is 43.2 Å². The van der Waals surface area contributed by atoms with Gasteiger partial charge < -0.3 is 70.3 Å². The van der Waals surface area contributed by atoms with Crippen LogP contribution >= 0.6 is 0 Å². The van der Waals surface area contributed by atoms with Gasteiger partial charge in [-0.15, -0.1) is 0 Å². The Morgan fingerprint density at radius 1 is 0.654 bits per heavy atom. The van der Waals surface area contributed by atoms with Gasteiger partial charge in [0.2, 0.25) is 5.91 Å². The Morgan fingerprint density at radius 3 is 1.72 bits per heavy atom. The second-order valence-electron chi connectivity index (χ2n) is 20.2. The van der Waals surface area contributed by atoms with Crippen molar-refractivity contribution in [2.24, 2.45) is 0 Å². The van der Waals surface area contributed by atoms with Crippen LogP contribution in [0.15, 0.2) is 97.3 Å². The Kier molecular flexibility index (Phi) is 17.3. The molecular formula is C57H61N9O15. The number of aromatic amines is 2. The minimum Gasteiger partial charge on any atom is -0.467 e. The second-order valence-corrected chi connectivity index (χ2v) is 20.2. The summed E-state index contributed by atoms with van der Waals surface area (Å²) in [5, 5.41) is 38.5. The summed E-state index contributed by atoms with van der Waals surface area (Å²) in [7, 11) is 2.32. The van der Waals surface area contributed by atoms with Crippen LogP contribution in [0.5, 0.6) is 0 Å². The number of fused-ring (bicyclic) bond motifs is 2. The first kappa shape index (κ1) is 58.1. The number of rotatable bonds is 17. The van der Waals surface area contributed by atoms with Crippen molar-refractivity contribution in [2.75, 3.05) is 64.1 Å². The lowest BCUT2D eigenvalue weighted by Crippen LogP contribution is -2.56. The van der Waals surface area contributed by atoms with Crippen molar-refractivity contribution in [3.8, 4) is 11.1 Å². The number of carbonyl (C=O) groups is 10. The standard InChI is InChI=1S/C57H61N9O15/c1-30-28-63(52(74)33-11-8-7-9-12-33)21-23-66(30)55(77)47(69)39-27-60-44-37(39)20-19-35(45(44)62-42(67)25-41(56(78)80-6)81-57(3,4)79)32-15-17-34(18-16-32)53(75)64-22-24-65(31(2)29-64)54(76)46(68)38-26-59-43-36(38)13-10-14-40(43)61-51(73)49(71)48(70)50(72)58-5/h7-20,26-27,30-31,41,48-49,59-60,70-71,79H,21-25,28-29H2,1-6H3,(H,58,72)(H,61,73)(H,62,67)/t30-,31-,41+,48?,49?/m1/s1. The predicted octanol–water partition coefficient (Wildman–Crippen LogP) is 2.45. The third-order valence-corrected chi connectivity index (χ3v) is 14.1. The summed E-state index contributed by atoms with van der Waals surface area (Å²) in [5.41, 5.74) is 2.35. The number of likely N-dealkylation sites (N-methyl/N-ethyl adjacent to an activating group) is 1. The molecule has 2 unspecified atom stereocenters. The molecule has 0 radical (unpaired) electrons. The first-order valence-electron chi connectivity index (χ1n) is 25.9. The Labute approximate surface area is 463 Å². The summed E-state index contributed by atoms with van der Waals surface area (Å²) in [6.45, 7) is 6.63. The summed E-state index contributed by atoms with van der Waals surface area (Å²) in [4.78, 5) is 146. The smallest absolute Gasteiger partial charge is 0.335 e. The molecule has 0 saturated carbocycles. The van der Waals surface area contributed by atoms with Crippen LogP contribution in [0.2, 0.25) is 0 Å². The van der Waals surface area contributed by atoms with Crippen LogP contribution in [0.25, 0.3) is 32.9 Å². The first-order chi connectivity index (χ1) is 38.5. The lowest BCUT2D eigenvalue weighted by atomic mass is 9.98. The van der Waals surface area contributed by atoms with Crippen molar-refractivity contribution in [3.63, 3.8) is 0 Å². The number of piperazine rings is 2. The number of para-hydroxylation sites is 1. The van der Waals surface area contributed by atoms with Crippen LogP contribution in [0.4, 0.5) is 11.4 Å². The van der Waals surface area contributed by atoms with E-state index < -0.39 is 89.7 Å². The molecule has 5 atom stereocenters. The Bertz CT molecular complexity index is 3460. The summed E-state index contributed by atoms with van der Waals surface area (Å²) in [6.07, 6.45) is -3.65. The lowest BCUT2D eigenvalue weighted by molar-refractivity contribution is -0.216. The normalized spacial score (nSPS) is 16.8. The van der Waals surface area contributed by atoms with Gasteiger partial charge in [-0.2, -0.15) is 0 Å². The molecule has 0 spiro atoms. The van der Waals surface area contributed by atoms with E-state index in [0.717, 1.165) is 7.11 Å². The number of esters is 1. The monoisotopic (exact) mass is 1110 g/mol. The Morgan fingerprint density at radius 2 is 1.19 bits per heavy atom. The molecule has 24 nitrogen and oxygen atoms in total. The van der Waals surface area contributed by atoms with Gasteiger partial charge in [-0.1, -0.05) is 54.6 Å². The molecule has 8 N–H and O–H groups in total. The average molecular weight is 1110 g/mol. The predicted molar refractivity (Wildman–Crippen MR) is 292 cm³/mol. The first-order valence-corrected chi connectivity index (χ1v) is 25.9. The van der Waals surface area contributed by atoms with Crippen molar-refractivity contribution in [1.82, 2.24) is 34.9 Å². The zero-order chi connectivity index (χ0) is 58.6. The minimum atomic E-state index is -2.12. The number of aliphatic hydroxyl groups is 3. The van der Waals surface area contributed by atoms with E-state index >= 15 is 0 Å². The van der Waals surface area contributed by atoms with Gasteiger partial charge in [0.05, 0.1) is 47.1 Å². The average Bonchev–Trinajstić information content (AvgIpc) is 4.36. The maximum Gasteiger partial charge on any atom is 0.335 e. The quantitative estimate of drug-likeness (QED) is 0.0282. The number of carbonyl (C=O) groups excluding carboxylic acids is 10. The van der Waals surface area contributed by atoms with Crippen LogP contribution in [0, 0.1) is 0 Å². The Hall–Kier alpha value is -9.10. The molecule has 7 amide bonds. The molecule has 4 aromatic carbocycles. The van der Waals surface area contributed by atoms with Gasteiger partial charge in [-0.05, 0) is 63.6 Å². The van der Waals surface area contributed by atoms with E-state index in [4.69, 9.17) is 9.47 Å². The number of ketones is 2. The van der Waals surface area contributed by atoms with Crippen molar-refractivity contribution in [2.45, 2.75) is 70.3 Å². The zero-order valence-corrected chi connectivity index (χ0v) is 45.1. The van der Waals surface area contributed by atoms with Crippen LogP contribution in [-0.4, -0.2) is 193 Å². The van der Waals surface area contributed by atoms with E-state index in [0.29, 0.717) is 16.7 Å².